The van der Waals surface area contributed by atoms with Crippen LogP contribution in [0.15, 0.2) is 23.1 Å². The third-order valence-corrected chi connectivity index (χ3v) is 3.70. The lowest BCUT2D eigenvalue weighted by Gasteiger charge is -2.23. The molecule has 0 unspecified atom stereocenters. The Morgan fingerprint density at radius 1 is 1.33 bits per heavy atom. The fourth-order valence-electron chi connectivity index (χ4n) is 1.54. The quantitative estimate of drug-likeness (QED) is 0.707. The molecule has 0 fully saturated rings. The van der Waals surface area contributed by atoms with E-state index < -0.39 is 21.5 Å². The second-order valence-electron chi connectivity index (χ2n) is 4.92. The van der Waals surface area contributed by atoms with Crippen LogP contribution in [0.3, 0.4) is 0 Å². The molecule has 0 heterocycles. The molecular formula is C11H16N2O4S. The molecular weight excluding hydrogens is 256 g/mol. The number of amides is 1. The number of anilines is 1. The molecule has 1 amide bonds. The molecule has 0 saturated carbocycles. The van der Waals surface area contributed by atoms with Crippen LogP contribution in [0.25, 0.3) is 0 Å². The number of nitrogen functional groups attached to an aromatic ring is 1. The summed E-state index contributed by atoms with van der Waals surface area (Å²) in [7, 11) is -4.10. The van der Waals surface area contributed by atoms with Crippen LogP contribution in [0.4, 0.5) is 10.5 Å². The number of rotatable bonds is 2. The molecule has 1 aromatic rings. The van der Waals surface area contributed by atoms with Gasteiger partial charge in [0.05, 0.1) is 4.90 Å². The van der Waals surface area contributed by atoms with E-state index in [2.05, 4.69) is 0 Å². The van der Waals surface area contributed by atoms with Crippen LogP contribution >= 0.6 is 0 Å². The van der Waals surface area contributed by atoms with Gasteiger partial charge in [-0.25, -0.2) is 17.9 Å². The Hall–Kier alpha value is -1.76. The summed E-state index contributed by atoms with van der Waals surface area (Å²) in [5.74, 6) is 0. The molecule has 6 nitrogen and oxygen atoms in total. The SMILES string of the molecule is CC(C)(C)c1cc(N)ccc1S(=O)(=O)NC(=O)O. The van der Waals surface area contributed by atoms with Crippen molar-refractivity contribution in [1.29, 1.82) is 0 Å². The highest BCUT2D eigenvalue weighted by molar-refractivity contribution is 7.90. The largest absolute Gasteiger partial charge is 0.464 e. The minimum Gasteiger partial charge on any atom is -0.464 e. The molecule has 100 valence electrons. The fourth-order valence-corrected chi connectivity index (χ4v) is 2.78. The molecule has 0 saturated heterocycles. The Balaban J connectivity index is 3.47. The molecule has 0 aromatic heterocycles. The van der Waals surface area contributed by atoms with Gasteiger partial charge >= 0.3 is 6.09 Å². The van der Waals surface area contributed by atoms with Gasteiger partial charge in [0.15, 0.2) is 0 Å². The zero-order valence-corrected chi connectivity index (χ0v) is 11.2. The summed E-state index contributed by atoms with van der Waals surface area (Å²) in [6, 6.07) is 4.27. The molecule has 4 N–H and O–H groups in total. The van der Waals surface area contributed by atoms with Crippen molar-refractivity contribution in [1.82, 2.24) is 4.72 Å². The van der Waals surface area contributed by atoms with Crippen molar-refractivity contribution in [2.45, 2.75) is 31.1 Å². The average molecular weight is 272 g/mol. The van der Waals surface area contributed by atoms with Gasteiger partial charge in [-0.15, -0.1) is 0 Å². The molecule has 0 spiro atoms. The molecule has 18 heavy (non-hydrogen) atoms. The van der Waals surface area contributed by atoms with Gasteiger partial charge in [-0.2, -0.15) is 0 Å². The van der Waals surface area contributed by atoms with Crippen molar-refractivity contribution in [2.75, 3.05) is 5.73 Å². The Kier molecular flexibility index (Phi) is 3.57. The number of nitrogens with two attached hydrogens (primary N) is 1. The lowest BCUT2D eigenvalue weighted by molar-refractivity contribution is 0.201. The highest BCUT2D eigenvalue weighted by Gasteiger charge is 2.27. The van der Waals surface area contributed by atoms with Crippen LogP contribution in [0, 0.1) is 0 Å². The standard InChI is InChI=1S/C11H16N2O4S/c1-11(2,3)8-6-7(12)4-5-9(8)18(16,17)13-10(14)15/h4-6,13H,12H2,1-3H3,(H,14,15). The highest BCUT2D eigenvalue weighted by atomic mass is 32.2. The van der Waals surface area contributed by atoms with Gasteiger partial charge in [-0.3, -0.25) is 0 Å². The third-order valence-electron chi connectivity index (χ3n) is 2.32. The maximum absolute atomic E-state index is 11.9. The fraction of sp³-hybridized carbons (Fsp3) is 0.364. The molecule has 0 bridgehead atoms. The maximum atomic E-state index is 11.9. The Morgan fingerprint density at radius 2 is 1.89 bits per heavy atom. The Bertz CT molecular complexity index is 573. The van der Waals surface area contributed by atoms with E-state index >= 15 is 0 Å². The number of carboxylic acid groups (broad SMARTS) is 1. The van der Waals surface area contributed by atoms with E-state index in [4.69, 9.17) is 10.8 Å². The van der Waals surface area contributed by atoms with Crippen LogP contribution in [0.1, 0.15) is 26.3 Å². The van der Waals surface area contributed by atoms with Crippen LogP contribution in [-0.4, -0.2) is 19.6 Å². The van der Waals surface area contributed by atoms with Crippen molar-refractivity contribution < 1.29 is 18.3 Å². The monoisotopic (exact) mass is 272 g/mol. The predicted molar refractivity (Wildman–Crippen MR) is 67.9 cm³/mol. The first-order valence-corrected chi connectivity index (χ1v) is 6.68. The van der Waals surface area contributed by atoms with Gasteiger partial charge < -0.3 is 10.8 Å². The predicted octanol–water partition coefficient (Wildman–Crippen LogP) is 1.52. The van der Waals surface area contributed by atoms with Crippen LogP contribution < -0.4 is 10.5 Å². The molecule has 1 rings (SSSR count). The van der Waals surface area contributed by atoms with Gasteiger partial charge in [0, 0.05) is 5.69 Å². The maximum Gasteiger partial charge on any atom is 0.418 e. The summed E-state index contributed by atoms with van der Waals surface area (Å²) in [6.07, 6.45) is -1.62. The zero-order chi connectivity index (χ0) is 14.1. The molecule has 7 heteroatoms. The summed E-state index contributed by atoms with van der Waals surface area (Å²) in [5, 5.41) is 8.54. The minimum absolute atomic E-state index is 0.0772. The summed E-state index contributed by atoms with van der Waals surface area (Å²) < 4.78 is 25.3. The Labute approximate surface area is 106 Å². The summed E-state index contributed by atoms with van der Waals surface area (Å²) in [5.41, 5.74) is 6.06. The topological polar surface area (TPSA) is 109 Å². The third kappa shape index (κ3) is 3.13. The van der Waals surface area contributed by atoms with E-state index in [-0.39, 0.29) is 4.90 Å². The first-order valence-electron chi connectivity index (χ1n) is 5.20. The van der Waals surface area contributed by atoms with Crippen LogP contribution in [-0.2, 0) is 15.4 Å². The van der Waals surface area contributed by atoms with Crippen molar-refractivity contribution >= 4 is 21.8 Å². The molecule has 0 atom stereocenters. The summed E-state index contributed by atoms with van der Waals surface area (Å²) in [4.78, 5) is 10.4. The number of carbonyl (C=O) groups is 1. The second-order valence-corrected chi connectivity index (χ2v) is 6.57. The van der Waals surface area contributed by atoms with Crippen LogP contribution in [0.2, 0.25) is 0 Å². The van der Waals surface area contributed by atoms with Crippen molar-refractivity contribution in [3.05, 3.63) is 23.8 Å². The van der Waals surface area contributed by atoms with Gasteiger partial charge in [-0.1, -0.05) is 20.8 Å². The first-order chi connectivity index (χ1) is 8.04. The molecule has 0 aliphatic carbocycles. The van der Waals surface area contributed by atoms with E-state index in [1.165, 1.54) is 22.9 Å². The lowest BCUT2D eigenvalue weighted by atomic mass is 9.87. The van der Waals surface area contributed by atoms with E-state index in [1.54, 1.807) is 0 Å². The number of sulfonamides is 1. The van der Waals surface area contributed by atoms with Crippen molar-refractivity contribution in [2.24, 2.45) is 0 Å². The normalized spacial score (nSPS) is 12.2. The zero-order valence-electron chi connectivity index (χ0n) is 10.4. The number of benzene rings is 1. The van der Waals surface area contributed by atoms with Crippen molar-refractivity contribution in [3.63, 3.8) is 0 Å². The Morgan fingerprint density at radius 3 is 2.33 bits per heavy atom. The minimum atomic E-state index is -4.10. The highest BCUT2D eigenvalue weighted by Crippen LogP contribution is 2.30. The van der Waals surface area contributed by atoms with E-state index in [0.717, 1.165) is 0 Å². The smallest absolute Gasteiger partial charge is 0.418 e. The van der Waals surface area contributed by atoms with Crippen molar-refractivity contribution in [3.8, 4) is 0 Å². The number of hydrogen-bond acceptors (Lipinski definition) is 4. The van der Waals surface area contributed by atoms with E-state index in [1.807, 2.05) is 20.8 Å². The molecule has 0 radical (unpaired) electrons. The van der Waals surface area contributed by atoms with Gasteiger partial charge in [0.1, 0.15) is 0 Å². The average Bonchev–Trinajstić information content (AvgIpc) is 2.13. The van der Waals surface area contributed by atoms with Gasteiger partial charge in [0.2, 0.25) is 0 Å². The number of hydrogen-bond donors (Lipinski definition) is 3. The van der Waals surface area contributed by atoms with Gasteiger partial charge in [0.25, 0.3) is 10.0 Å². The van der Waals surface area contributed by atoms with E-state index in [0.29, 0.717) is 11.3 Å². The number of nitrogens with one attached hydrogen (secondary N) is 1. The summed E-state index contributed by atoms with van der Waals surface area (Å²) >= 11 is 0. The first kappa shape index (κ1) is 14.3. The summed E-state index contributed by atoms with van der Waals surface area (Å²) in [6.45, 7) is 5.46. The van der Waals surface area contributed by atoms with E-state index in [9.17, 15) is 13.2 Å². The molecule has 1 aromatic carbocycles. The molecule has 0 aliphatic heterocycles. The second kappa shape index (κ2) is 4.49. The lowest BCUT2D eigenvalue weighted by Crippen LogP contribution is -2.31. The molecule has 0 aliphatic rings. The van der Waals surface area contributed by atoms with Gasteiger partial charge in [-0.05, 0) is 29.2 Å². The van der Waals surface area contributed by atoms with Crippen LogP contribution in [0.5, 0.6) is 0 Å².